The lowest BCUT2D eigenvalue weighted by atomic mass is 9.95. The lowest BCUT2D eigenvalue weighted by Crippen LogP contribution is -2.40. The molecule has 9 heteroatoms. The molecule has 2 aromatic carbocycles. The first-order valence-corrected chi connectivity index (χ1v) is 12.8. The second kappa shape index (κ2) is 10.2. The molecule has 0 spiro atoms. The monoisotopic (exact) mass is 556 g/mol. The number of allylic oxidation sites excluding steroid dienone is 1. The molecule has 1 aliphatic rings. The van der Waals surface area contributed by atoms with Crippen LogP contribution in [0.4, 0.5) is 0 Å². The summed E-state index contributed by atoms with van der Waals surface area (Å²) in [4.78, 5) is 31.9. The molecule has 0 saturated heterocycles. The number of carbonyl (C=O) groups is 1. The summed E-state index contributed by atoms with van der Waals surface area (Å²) in [5.74, 6) is 0.0925. The van der Waals surface area contributed by atoms with Gasteiger partial charge in [-0.3, -0.25) is 9.36 Å². The number of carbonyl (C=O) groups excluding carboxylic acids is 1. The number of hydrogen-bond acceptors (Lipinski definition) is 7. The summed E-state index contributed by atoms with van der Waals surface area (Å²) in [5, 5.41) is 10.3. The Balaban J connectivity index is 2.00. The van der Waals surface area contributed by atoms with Crippen LogP contribution in [0.25, 0.3) is 6.08 Å². The zero-order valence-electron chi connectivity index (χ0n) is 19.7. The fourth-order valence-electron chi connectivity index (χ4n) is 3.94. The van der Waals surface area contributed by atoms with Gasteiger partial charge in [0.25, 0.3) is 5.56 Å². The molecule has 1 unspecified atom stereocenters. The Morgan fingerprint density at radius 2 is 2.03 bits per heavy atom. The number of aromatic nitrogens is 1. The Morgan fingerprint density at radius 1 is 1.29 bits per heavy atom. The molecule has 0 aliphatic carbocycles. The van der Waals surface area contributed by atoms with Gasteiger partial charge in [-0.25, -0.2) is 9.79 Å². The molecule has 2 heterocycles. The number of aromatic hydroxyl groups is 1. The summed E-state index contributed by atoms with van der Waals surface area (Å²) < 4.78 is 14.1. The predicted octanol–water partition coefficient (Wildman–Crippen LogP) is 4.05. The van der Waals surface area contributed by atoms with Gasteiger partial charge in [0.1, 0.15) is 17.5 Å². The van der Waals surface area contributed by atoms with Gasteiger partial charge < -0.3 is 14.6 Å². The van der Waals surface area contributed by atoms with Crippen molar-refractivity contribution in [3.63, 3.8) is 0 Å². The SMILES string of the molecule is CCOC(=O)C1=C(C)N=c2sc(=Cc3cc(Br)ccc3O)c(=O)n2C1c1ccccc1OC(C)C. The number of fused-ring (bicyclic) bond motifs is 1. The number of phenols is 1. The maximum Gasteiger partial charge on any atom is 0.338 e. The van der Waals surface area contributed by atoms with Crippen LogP contribution < -0.4 is 19.6 Å². The van der Waals surface area contributed by atoms with Crippen molar-refractivity contribution < 1.29 is 19.4 Å². The molecule has 1 aliphatic heterocycles. The highest BCUT2D eigenvalue weighted by Crippen LogP contribution is 2.36. The molecule has 0 bridgehead atoms. The third-order valence-electron chi connectivity index (χ3n) is 5.37. The molecule has 0 saturated carbocycles. The zero-order valence-corrected chi connectivity index (χ0v) is 22.1. The van der Waals surface area contributed by atoms with Gasteiger partial charge in [0, 0.05) is 15.6 Å². The molecular formula is C26H25BrN2O5S. The number of hydrogen-bond donors (Lipinski definition) is 1. The molecule has 3 aromatic rings. The van der Waals surface area contributed by atoms with Crippen molar-refractivity contribution in [1.29, 1.82) is 0 Å². The minimum absolute atomic E-state index is 0.0506. The van der Waals surface area contributed by atoms with Gasteiger partial charge in [0.15, 0.2) is 4.80 Å². The van der Waals surface area contributed by atoms with E-state index in [2.05, 4.69) is 20.9 Å². The number of esters is 1. The molecular weight excluding hydrogens is 532 g/mol. The summed E-state index contributed by atoms with van der Waals surface area (Å²) in [6.45, 7) is 7.50. The van der Waals surface area contributed by atoms with Gasteiger partial charge in [-0.05, 0) is 58.0 Å². The number of thiazole rings is 1. The minimum atomic E-state index is -0.779. The average molecular weight is 557 g/mol. The number of ether oxygens (including phenoxy) is 2. The van der Waals surface area contributed by atoms with Crippen molar-refractivity contribution in [1.82, 2.24) is 4.57 Å². The van der Waals surface area contributed by atoms with E-state index in [9.17, 15) is 14.7 Å². The van der Waals surface area contributed by atoms with E-state index in [0.717, 1.165) is 4.47 Å². The quantitative estimate of drug-likeness (QED) is 0.462. The molecule has 1 N–H and O–H groups in total. The highest BCUT2D eigenvalue weighted by atomic mass is 79.9. The van der Waals surface area contributed by atoms with Crippen LogP contribution in [0.3, 0.4) is 0 Å². The van der Waals surface area contributed by atoms with Gasteiger partial charge in [-0.1, -0.05) is 45.5 Å². The number of benzene rings is 2. The Hall–Kier alpha value is -3.17. The van der Waals surface area contributed by atoms with E-state index >= 15 is 0 Å². The van der Waals surface area contributed by atoms with Crippen molar-refractivity contribution in [2.45, 2.75) is 39.8 Å². The Labute approximate surface area is 214 Å². The topological polar surface area (TPSA) is 90.1 Å². The number of halogens is 1. The smallest absolute Gasteiger partial charge is 0.338 e. The lowest BCUT2D eigenvalue weighted by Gasteiger charge is -2.26. The maximum atomic E-state index is 13.7. The minimum Gasteiger partial charge on any atom is -0.507 e. The van der Waals surface area contributed by atoms with Crippen LogP contribution in [0.1, 0.15) is 44.9 Å². The second-order valence-corrected chi connectivity index (χ2v) is 10.1. The molecule has 4 rings (SSSR count). The molecule has 182 valence electrons. The molecule has 0 radical (unpaired) electrons. The van der Waals surface area contributed by atoms with Crippen LogP contribution >= 0.6 is 27.3 Å². The first-order valence-electron chi connectivity index (χ1n) is 11.1. The highest BCUT2D eigenvalue weighted by Gasteiger charge is 2.35. The first-order chi connectivity index (χ1) is 16.7. The molecule has 35 heavy (non-hydrogen) atoms. The number of nitrogens with zero attached hydrogens (tertiary/aromatic N) is 2. The van der Waals surface area contributed by atoms with E-state index in [1.54, 1.807) is 38.1 Å². The highest BCUT2D eigenvalue weighted by molar-refractivity contribution is 9.10. The van der Waals surface area contributed by atoms with Crippen molar-refractivity contribution in [3.8, 4) is 11.5 Å². The molecule has 0 fully saturated rings. The average Bonchev–Trinajstić information content (AvgIpc) is 3.10. The van der Waals surface area contributed by atoms with E-state index in [-0.39, 0.29) is 29.6 Å². The summed E-state index contributed by atoms with van der Waals surface area (Å²) in [7, 11) is 0. The van der Waals surface area contributed by atoms with Crippen LogP contribution in [-0.4, -0.2) is 28.4 Å². The summed E-state index contributed by atoms with van der Waals surface area (Å²) in [5.41, 5.74) is 1.59. The Kier molecular flexibility index (Phi) is 7.28. The third-order valence-corrected chi connectivity index (χ3v) is 6.85. The van der Waals surface area contributed by atoms with E-state index in [1.165, 1.54) is 15.9 Å². The van der Waals surface area contributed by atoms with Gasteiger partial charge in [0.05, 0.1) is 28.5 Å². The van der Waals surface area contributed by atoms with Crippen molar-refractivity contribution in [2.75, 3.05) is 6.61 Å². The van der Waals surface area contributed by atoms with Gasteiger partial charge in [-0.15, -0.1) is 0 Å². The standard InChI is InChI=1S/C26H25BrN2O5S/c1-5-33-25(32)22-15(4)28-26-29(23(22)18-8-6-7-9-20(18)34-14(2)3)24(31)21(35-26)13-16-12-17(27)10-11-19(16)30/h6-14,23,30H,5H2,1-4H3. The van der Waals surface area contributed by atoms with Crippen molar-refractivity contribution >= 4 is 39.3 Å². The molecule has 1 atom stereocenters. The molecule has 7 nitrogen and oxygen atoms in total. The van der Waals surface area contributed by atoms with E-state index in [4.69, 9.17) is 9.47 Å². The lowest BCUT2D eigenvalue weighted by molar-refractivity contribution is -0.139. The van der Waals surface area contributed by atoms with Crippen LogP contribution in [0.2, 0.25) is 0 Å². The van der Waals surface area contributed by atoms with Crippen LogP contribution in [0.5, 0.6) is 11.5 Å². The number of phenolic OH excluding ortho intramolecular Hbond substituents is 1. The normalized spacial score (nSPS) is 15.7. The second-order valence-electron chi connectivity index (χ2n) is 8.21. The van der Waals surface area contributed by atoms with E-state index < -0.39 is 12.0 Å². The maximum absolute atomic E-state index is 13.7. The zero-order chi connectivity index (χ0) is 25.3. The fraction of sp³-hybridized carbons (Fsp3) is 0.269. The Morgan fingerprint density at radius 3 is 2.74 bits per heavy atom. The van der Waals surface area contributed by atoms with Gasteiger partial charge >= 0.3 is 5.97 Å². The van der Waals surface area contributed by atoms with Crippen molar-refractivity contribution in [2.24, 2.45) is 4.99 Å². The molecule has 0 amide bonds. The summed E-state index contributed by atoms with van der Waals surface area (Å²) in [6.07, 6.45) is 1.52. The van der Waals surface area contributed by atoms with Crippen molar-refractivity contribution in [3.05, 3.63) is 89.0 Å². The Bertz CT molecular complexity index is 1500. The van der Waals surface area contributed by atoms with Crippen LogP contribution in [-0.2, 0) is 9.53 Å². The number of rotatable bonds is 6. The largest absolute Gasteiger partial charge is 0.507 e. The molecule has 1 aromatic heterocycles. The predicted molar refractivity (Wildman–Crippen MR) is 138 cm³/mol. The first kappa shape index (κ1) is 24.9. The van der Waals surface area contributed by atoms with Crippen LogP contribution in [0, 0.1) is 0 Å². The van der Waals surface area contributed by atoms with Gasteiger partial charge in [0.2, 0.25) is 0 Å². The third kappa shape index (κ3) is 4.97. The van der Waals surface area contributed by atoms with E-state index in [1.807, 2.05) is 38.1 Å². The number of para-hydroxylation sites is 1. The summed E-state index contributed by atoms with van der Waals surface area (Å²) in [6, 6.07) is 11.6. The van der Waals surface area contributed by atoms with Gasteiger partial charge in [-0.2, -0.15) is 0 Å². The fourth-order valence-corrected chi connectivity index (χ4v) is 5.35. The van der Waals surface area contributed by atoms with E-state index in [0.29, 0.717) is 31.9 Å². The van der Waals surface area contributed by atoms with Crippen LogP contribution in [0.15, 0.2) is 68.0 Å². The summed E-state index contributed by atoms with van der Waals surface area (Å²) >= 11 is 4.59.